The lowest BCUT2D eigenvalue weighted by atomic mass is 10.2. The largest absolute Gasteiger partial charge is 0.487 e. The standard InChI is InChI=1S/C21H20N2O4S/c1-14-6-8-16(9-7-14)22-19(24)11-20-23-17(13-28-20)12-27-18-5-3-4-15(10-18)21(25)26-2/h3-10,13H,11-12H2,1-2H3,(H,22,24). The van der Waals surface area contributed by atoms with E-state index in [-0.39, 0.29) is 18.9 Å². The van der Waals surface area contributed by atoms with E-state index in [2.05, 4.69) is 10.3 Å². The van der Waals surface area contributed by atoms with Crippen molar-refractivity contribution in [3.05, 3.63) is 75.7 Å². The van der Waals surface area contributed by atoms with Gasteiger partial charge in [-0.2, -0.15) is 0 Å². The van der Waals surface area contributed by atoms with E-state index in [0.717, 1.165) is 16.9 Å². The molecule has 0 aliphatic carbocycles. The number of thiazole rings is 1. The first-order valence-corrected chi connectivity index (χ1v) is 9.52. The molecule has 6 nitrogen and oxygen atoms in total. The number of ether oxygens (including phenoxy) is 2. The summed E-state index contributed by atoms with van der Waals surface area (Å²) in [6.07, 6.45) is 0.205. The van der Waals surface area contributed by atoms with Gasteiger partial charge in [-0.25, -0.2) is 9.78 Å². The van der Waals surface area contributed by atoms with Gasteiger partial charge in [-0.15, -0.1) is 11.3 Å². The Hall–Kier alpha value is -3.19. The van der Waals surface area contributed by atoms with Gasteiger partial charge in [0.05, 0.1) is 24.8 Å². The third-order valence-electron chi connectivity index (χ3n) is 3.89. The van der Waals surface area contributed by atoms with E-state index >= 15 is 0 Å². The predicted octanol–water partition coefficient (Wildman–Crippen LogP) is 4.00. The Balaban J connectivity index is 1.53. The molecule has 0 radical (unpaired) electrons. The summed E-state index contributed by atoms with van der Waals surface area (Å²) in [7, 11) is 1.33. The zero-order chi connectivity index (χ0) is 19.9. The fourth-order valence-electron chi connectivity index (χ4n) is 2.46. The Kier molecular flexibility index (Phi) is 6.39. The van der Waals surface area contributed by atoms with Gasteiger partial charge >= 0.3 is 5.97 Å². The van der Waals surface area contributed by atoms with Crippen molar-refractivity contribution in [1.82, 2.24) is 4.98 Å². The van der Waals surface area contributed by atoms with Crippen LogP contribution in [0.15, 0.2) is 53.9 Å². The smallest absolute Gasteiger partial charge is 0.337 e. The van der Waals surface area contributed by atoms with E-state index < -0.39 is 5.97 Å². The van der Waals surface area contributed by atoms with E-state index in [9.17, 15) is 9.59 Å². The maximum absolute atomic E-state index is 12.2. The summed E-state index contributed by atoms with van der Waals surface area (Å²) >= 11 is 1.41. The summed E-state index contributed by atoms with van der Waals surface area (Å²) in [6.45, 7) is 2.25. The Morgan fingerprint density at radius 2 is 1.93 bits per heavy atom. The molecule has 1 aromatic heterocycles. The molecule has 0 unspecified atom stereocenters. The highest BCUT2D eigenvalue weighted by Gasteiger charge is 2.10. The number of hydrogen-bond donors (Lipinski definition) is 1. The summed E-state index contributed by atoms with van der Waals surface area (Å²) in [5, 5.41) is 5.43. The molecule has 0 saturated heterocycles. The van der Waals surface area contributed by atoms with Crippen LogP contribution in [0, 0.1) is 6.92 Å². The number of amides is 1. The summed E-state index contributed by atoms with van der Waals surface area (Å²) in [6, 6.07) is 14.4. The number of nitrogens with zero attached hydrogens (tertiary/aromatic N) is 1. The normalized spacial score (nSPS) is 10.4. The van der Waals surface area contributed by atoms with E-state index in [1.54, 1.807) is 24.3 Å². The first-order chi connectivity index (χ1) is 13.5. The molecular weight excluding hydrogens is 376 g/mol. The second kappa shape index (κ2) is 9.14. The fraction of sp³-hybridized carbons (Fsp3) is 0.190. The van der Waals surface area contributed by atoms with E-state index in [1.165, 1.54) is 18.4 Å². The van der Waals surface area contributed by atoms with Crippen LogP contribution >= 0.6 is 11.3 Å². The molecule has 1 heterocycles. The van der Waals surface area contributed by atoms with Crippen molar-refractivity contribution in [2.75, 3.05) is 12.4 Å². The molecule has 1 amide bonds. The molecule has 0 fully saturated rings. The number of benzene rings is 2. The van der Waals surface area contributed by atoms with Crippen LogP contribution in [0.25, 0.3) is 0 Å². The van der Waals surface area contributed by atoms with Crippen LogP contribution in [-0.2, 0) is 22.6 Å². The highest BCUT2D eigenvalue weighted by Crippen LogP contribution is 2.18. The molecule has 1 N–H and O–H groups in total. The number of carbonyl (C=O) groups excluding carboxylic acids is 2. The number of aromatic nitrogens is 1. The number of nitrogens with one attached hydrogen (secondary N) is 1. The van der Waals surface area contributed by atoms with Gasteiger partial charge in [-0.3, -0.25) is 4.79 Å². The van der Waals surface area contributed by atoms with Gasteiger partial charge < -0.3 is 14.8 Å². The number of esters is 1. The molecule has 0 aliphatic rings. The van der Waals surface area contributed by atoms with Crippen LogP contribution in [0.1, 0.15) is 26.6 Å². The van der Waals surface area contributed by atoms with Crippen molar-refractivity contribution in [1.29, 1.82) is 0 Å². The highest BCUT2D eigenvalue weighted by atomic mass is 32.1. The molecule has 0 spiro atoms. The molecule has 0 bridgehead atoms. The zero-order valence-corrected chi connectivity index (χ0v) is 16.4. The Morgan fingerprint density at radius 1 is 1.14 bits per heavy atom. The molecule has 3 rings (SSSR count). The number of hydrogen-bond acceptors (Lipinski definition) is 6. The van der Waals surface area contributed by atoms with Gasteiger partial charge in [0.15, 0.2) is 0 Å². The zero-order valence-electron chi connectivity index (χ0n) is 15.6. The minimum Gasteiger partial charge on any atom is -0.487 e. The highest BCUT2D eigenvalue weighted by molar-refractivity contribution is 7.09. The van der Waals surface area contributed by atoms with Gasteiger partial charge in [-0.1, -0.05) is 23.8 Å². The van der Waals surface area contributed by atoms with Gasteiger partial charge in [-0.05, 0) is 37.3 Å². The van der Waals surface area contributed by atoms with Crippen LogP contribution in [-0.4, -0.2) is 24.0 Å². The van der Waals surface area contributed by atoms with E-state index in [4.69, 9.17) is 9.47 Å². The third-order valence-corrected chi connectivity index (χ3v) is 4.79. The summed E-state index contributed by atoms with van der Waals surface area (Å²) < 4.78 is 10.4. The molecule has 144 valence electrons. The number of anilines is 1. The summed E-state index contributed by atoms with van der Waals surface area (Å²) in [5.41, 5.74) is 3.05. The van der Waals surface area contributed by atoms with Crippen LogP contribution < -0.4 is 10.1 Å². The Labute approximate surface area is 167 Å². The third kappa shape index (κ3) is 5.40. The number of aryl methyl sites for hydroxylation is 1. The van der Waals surface area contributed by atoms with Gasteiger partial charge in [0.2, 0.25) is 5.91 Å². The second-order valence-corrected chi connectivity index (χ2v) is 7.07. The van der Waals surface area contributed by atoms with E-state index in [1.807, 2.05) is 36.6 Å². The molecule has 7 heteroatoms. The topological polar surface area (TPSA) is 77.5 Å². The lowest BCUT2D eigenvalue weighted by molar-refractivity contribution is -0.115. The van der Waals surface area contributed by atoms with Gasteiger partial charge in [0.1, 0.15) is 17.4 Å². The van der Waals surface area contributed by atoms with Crippen molar-refractivity contribution in [2.24, 2.45) is 0 Å². The number of methoxy groups -OCH3 is 1. The quantitative estimate of drug-likeness (QED) is 0.611. The average molecular weight is 396 g/mol. The van der Waals surface area contributed by atoms with Crippen molar-refractivity contribution in [2.45, 2.75) is 20.0 Å². The van der Waals surface area contributed by atoms with Crippen molar-refractivity contribution < 1.29 is 19.1 Å². The summed E-state index contributed by atoms with van der Waals surface area (Å²) in [5.74, 6) is 0.0204. The monoisotopic (exact) mass is 396 g/mol. The lowest BCUT2D eigenvalue weighted by Gasteiger charge is -2.06. The fourth-order valence-corrected chi connectivity index (χ4v) is 3.24. The Morgan fingerprint density at radius 3 is 2.68 bits per heavy atom. The molecule has 0 saturated carbocycles. The van der Waals surface area contributed by atoms with Gasteiger partial charge in [0, 0.05) is 11.1 Å². The average Bonchev–Trinajstić information content (AvgIpc) is 3.15. The molecule has 0 atom stereocenters. The SMILES string of the molecule is COC(=O)c1cccc(OCc2csc(CC(=O)Nc3ccc(C)cc3)n2)c1. The van der Waals surface area contributed by atoms with Crippen LogP contribution in [0.5, 0.6) is 5.75 Å². The number of rotatable bonds is 7. The molecule has 28 heavy (non-hydrogen) atoms. The number of carbonyl (C=O) groups is 2. The lowest BCUT2D eigenvalue weighted by Crippen LogP contribution is -2.14. The van der Waals surface area contributed by atoms with Crippen LogP contribution in [0.2, 0.25) is 0 Å². The molecule has 2 aromatic carbocycles. The maximum Gasteiger partial charge on any atom is 0.337 e. The molecule has 0 aliphatic heterocycles. The molecule has 3 aromatic rings. The molecular formula is C21H20N2O4S. The van der Waals surface area contributed by atoms with Crippen molar-refractivity contribution >= 4 is 28.9 Å². The first kappa shape index (κ1) is 19.6. The van der Waals surface area contributed by atoms with Crippen LogP contribution in [0.4, 0.5) is 5.69 Å². The minimum absolute atomic E-state index is 0.114. The summed E-state index contributed by atoms with van der Waals surface area (Å²) in [4.78, 5) is 28.2. The minimum atomic E-state index is -0.416. The van der Waals surface area contributed by atoms with Gasteiger partial charge in [0.25, 0.3) is 0 Å². The van der Waals surface area contributed by atoms with Crippen molar-refractivity contribution in [3.8, 4) is 5.75 Å². The van der Waals surface area contributed by atoms with Crippen molar-refractivity contribution in [3.63, 3.8) is 0 Å². The van der Waals surface area contributed by atoms with E-state index in [0.29, 0.717) is 16.3 Å². The Bertz CT molecular complexity index is 967. The maximum atomic E-state index is 12.2. The second-order valence-electron chi connectivity index (χ2n) is 6.13. The van der Waals surface area contributed by atoms with Crippen LogP contribution in [0.3, 0.4) is 0 Å². The first-order valence-electron chi connectivity index (χ1n) is 8.64. The predicted molar refractivity (Wildman–Crippen MR) is 108 cm³/mol.